The Balaban J connectivity index is 2.55. The summed E-state index contributed by atoms with van der Waals surface area (Å²) in [6.45, 7) is 0.789. The largest absolute Gasteiger partial charge is 0.330 e. The van der Waals surface area contributed by atoms with E-state index in [0.29, 0.717) is 5.88 Å². The van der Waals surface area contributed by atoms with Crippen LogP contribution in [0, 0.1) is 0 Å². The van der Waals surface area contributed by atoms with Crippen LogP contribution in [0.2, 0.25) is 0 Å². The second kappa shape index (κ2) is 6.86. The molecule has 2 N–H and O–H groups in total. The zero-order valence-corrected chi connectivity index (χ0v) is 9.26. The minimum atomic E-state index is 0.702. The van der Waals surface area contributed by atoms with Crippen LogP contribution < -0.4 is 5.73 Å². The summed E-state index contributed by atoms with van der Waals surface area (Å²) in [5.41, 5.74) is 8.29. The van der Waals surface area contributed by atoms with Gasteiger partial charge in [0.2, 0.25) is 0 Å². The number of halogens is 1. The molecule has 14 heavy (non-hydrogen) atoms. The van der Waals surface area contributed by atoms with Gasteiger partial charge in [0, 0.05) is 5.88 Å². The fourth-order valence-electron chi connectivity index (χ4n) is 1.61. The van der Waals surface area contributed by atoms with Crippen LogP contribution in [0.3, 0.4) is 0 Å². The average molecular weight is 212 g/mol. The van der Waals surface area contributed by atoms with Gasteiger partial charge in [0.15, 0.2) is 0 Å². The minimum absolute atomic E-state index is 0.702. The van der Waals surface area contributed by atoms with Gasteiger partial charge < -0.3 is 5.73 Å². The normalized spacial score (nSPS) is 10.4. The molecule has 0 amide bonds. The molecule has 0 saturated heterocycles. The van der Waals surface area contributed by atoms with Gasteiger partial charge in [0.25, 0.3) is 0 Å². The fourth-order valence-corrected chi connectivity index (χ4v) is 1.81. The van der Waals surface area contributed by atoms with Crippen molar-refractivity contribution in [2.45, 2.75) is 25.7 Å². The summed E-state index contributed by atoms with van der Waals surface area (Å²) in [7, 11) is 0. The van der Waals surface area contributed by atoms with E-state index < -0.39 is 0 Å². The lowest BCUT2D eigenvalue weighted by atomic mass is 10.0. The SMILES string of the molecule is NCCCCc1ccccc1CCCl. The number of benzene rings is 1. The van der Waals surface area contributed by atoms with Crippen molar-refractivity contribution >= 4 is 11.6 Å². The van der Waals surface area contributed by atoms with Gasteiger partial charge in [0.05, 0.1) is 0 Å². The highest BCUT2D eigenvalue weighted by atomic mass is 35.5. The van der Waals surface area contributed by atoms with Crippen LogP contribution in [0.25, 0.3) is 0 Å². The van der Waals surface area contributed by atoms with Crippen molar-refractivity contribution in [2.24, 2.45) is 5.73 Å². The summed E-state index contributed by atoms with van der Waals surface area (Å²) in [6.07, 6.45) is 4.38. The first-order chi connectivity index (χ1) is 6.88. The van der Waals surface area contributed by atoms with Gasteiger partial charge in [0.1, 0.15) is 0 Å². The van der Waals surface area contributed by atoms with Gasteiger partial charge in [-0.05, 0) is 43.4 Å². The summed E-state index contributed by atoms with van der Waals surface area (Å²) in [5.74, 6) is 0.702. The second-order valence-corrected chi connectivity index (χ2v) is 3.83. The number of nitrogens with two attached hydrogens (primary N) is 1. The van der Waals surface area contributed by atoms with Crippen molar-refractivity contribution in [3.05, 3.63) is 35.4 Å². The van der Waals surface area contributed by atoms with Crippen LogP contribution in [0.1, 0.15) is 24.0 Å². The van der Waals surface area contributed by atoms with Gasteiger partial charge in [-0.15, -0.1) is 11.6 Å². The molecule has 0 spiro atoms. The lowest BCUT2D eigenvalue weighted by molar-refractivity contribution is 0.740. The number of unbranched alkanes of at least 4 members (excludes halogenated alkanes) is 1. The standard InChI is InChI=1S/C12H18ClN/c13-9-8-12-6-2-1-5-11(12)7-3-4-10-14/h1-2,5-6H,3-4,7-10,14H2. The molecule has 0 heterocycles. The van der Waals surface area contributed by atoms with Crippen LogP contribution in [-0.4, -0.2) is 12.4 Å². The number of rotatable bonds is 6. The Hall–Kier alpha value is -0.530. The number of alkyl halides is 1. The molecule has 0 aliphatic rings. The van der Waals surface area contributed by atoms with E-state index in [4.69, 9.17) is 17.3 Å². The van der Waals surface area contributed by atoms with Gasteiger partial charge >= 0.3 is 0 Å². The highest BCUT2D eigenvalue weighted by Crippen LogP contribution is 2.13. The third-order valence-corrected chi connectivity index (χ3v) is 2.57. The smallest absolute Gasteiger partial charge is 0.0264 e. The molecule has 1 aromatic carbocycles. The molecule has 0 fully saturated rings. The molecule has 78 valence electrons. The van der Waals surface area contributed by atoms with Gasteiger partial charge in [-0.1, -0.05) is 24.3 Å². The maximum atomic E-state index is 5.75. The lowest BCUT2D eigenvalue weighted by Crippen LogP contribution is -2.00. The molecule has 1 rings (SSSR count). The molecule has 1 nitrogen and oxygen atoms in total. The van der Waals surface area contributed by atoms with Crippen molar-refractivity contribution in [2.75, 3.05) is 12.4 Å². The van der Waals surface area contributed by atoms with E-state index in [-0.39, 0.29) is 0 Å². The Morgan fingerprint density at radius 1 is 1.00 bits per heavy atom. The molecular formula is C12H18ClN. The summed E-state index contributed by atoms with van der Waals surface area (Å²) < 4.78 is 0. The van der Waals surface area contributed by atoms with Crippen LogP contribution in [0.5, 0.6) is 0 Å². The first kappa shape index (κ1) is 11.5. The topological polar surface area (TPSA) is 26.0 Å². The van der Waals surface area contributed by atoms with Crippen LogP contribution in [-0.2, 0) is 12.8 Å². The number of hydrogen-bond donors (Lipinski definition) is 1. The molecule has 0 aliphatic heterocycles. The lowest BCUT2D eigenvalue weighted by Gasteiger charge is -2.07. The van der Waals surface area contributed by atoms with Crippen molar-refractivity contribution in [1.82, 2.24) is 0 Å². The Morgan fingerprint density at radius 2 is 1.64 bits per heavy atom. The summed E-state index contributed by atoms with van der Waals surface area (Å²) in [4.78, 5) is 0. The van der Waals surface area contributed by atoms with Crippen molar-refractivity contribution < 1.29 is 0 Å². The van der Waals surface area contributed by atoms with E-state index in [1.54, 1.807) is 0 Å². The Morgan fingerprint density at radius 3 is 2.21 bits per heavy atom. The van der Waals surface area contributed by atoms with E-state index in [1.165, 1.54) is 17.5 Å². The van der Waals surface area contributed by atoms with E-state index in [9.17, 15) is 0 Å². The predicted octanol–water partition coefficient (Wildman–Crippen LogP) is 2.75. The molecule has 0 unspecified atom stereocenters. The molecule has 2 heteroatoms. The maximum Gasteiger partial charge on any atom is 0.0264 e. The fraction of sp³-hybridized carbons (Fsp3) is 0.500. The average Bonchev–Trinajstić information content (AvgIpc) is 2.21. The zero-order valence-electron chi connectivity index (χ0n) is 8.51. The summed E-state index contributed by atoms with van der Waals surface area (Å²) in [6, 6.07) is 8.53. The van der Waals surface area contributed by atoms with Crippen molar-refractivity contribution in [3.63, 3.8) is 0 Å². The molecular weight excluding hydrogens is 194 g/mol. The third kappa shape index (κ3) is 3.69. The van der Waals surface area contributed by atoms with E-state index in [0.717, 1.165) is 25.8 Å². The molecule has 1 aromatic rings. The molecule has 0 radical (unpaired) electrons. The third-order valence-electron chi connectivity index (χ3n) is 2.38. The van der Waals surface area contributed by atoms with Crippen LogP contribution >= 0.6 is 11.6 Å². The molecule has 0 aliphatic carbocycles. The Bertz CT molecular complexity index is 260. The maximum absolute atomic E-state index is 5.75. The first-order valence-corrected chi connectivity index (χ1v) is 5.74. The van der Waals surface area contributed by atoms with E-state index in [2.05, 4.69) is 24.3 Å². The highest BCUT2D eigenvalue weighted by Gasteiger charge is 2.00. The van der Waals surface area contributed by atoms with Gasteiger partial charge in [-0.25, -0.2) is 0 Å². The minimum Gasteiger partial charge on any atom is -0.330 e. The van der Waals surface area contributed by atoms with Gasteiger partial charge in [-0.3, -0.25) is 0 Å². The van der Waals surface area contributed by atoms with Gasteiger partial charge in [-0.2, -0.15) is 0 Å². The zero-order chi connectivity index (χ0) is 10.2. The quantitative estimate of drug-likeness (QED) is 0.569. The first-order valence-electron chi connectivity index (χ1n) is 5.21. The molecule has 0 bridgehead atoms. The molecule has 0 aromatic heterocycles. The van der Waals surface area contributed by atoms with Crippen LogP contribution in [0.15, 0.2) is 24.3 Å². The van der Waals surface area contributed by atoms with Crippen molar-refractivity contribution in [1.29, 1.82) is 0 Å². The molecule has 0 atom stereocenters. The predicted molar refractivity (Wildman–Crippen MR) is 62.9 cm³/mol. The summed E-state index contributed by atoms with van der Waals surface area (Å²) >= 11 is 5.75. The number of aryl methyl sites for hydroxylation is 2. The molecule has 0 saturated carbocycles. The van der Waals surface area contributed by atoms with E-state index in [1.807, 2.05) is 0 Å². The van der Waals surface area contributed by atoms with Crippen molar-refractivity contribution in [3.8, 4) is 0 Å². The van der Waals surface area contributed by atoms with Crippen LogP contribution in [0.4, 0.5) is 0 Å². The monoisotopic (exact) mass is 211 g/mol. The Kier molecular flexibility index (Phi) is 5.65. The highest BCUT2D eigenvalue weighted by molar-refractivity contribution is 6.18. The second-order valence-electron chi connectivity index (χ2n) is 3.45. The summed E-state index contributed by atoms with van der Waals surface area (Å²) in [5, 5.41) is 0. The Labute approximate surface area is 91.3 Å². The van der Waals surface area contributed by atoms with E-state index >= 15 is 0 Å². The number of hydrogen-bond acceptors (Lipinski definition) is 1.